The zero-order valence-corrected chi connectivity index (χ0v) is 52.5. The molecule has 2 aliphatic heterocycles. The Hall–Kier alpha value is -7.95. The van der Waals surface area contributed by atoms with Gasteiger partial charge in [0.25, 0.3) is 0 Å². The van der Waals surface area contributed by atoms with Gasteiger partial charge in [-0.2, -0.15) is 14.1 Å². The van der Waals surface area contributed by atoms with Crippen molar-refractivity contribution in [1.29, 1.82) is 0 Å². The number of carbonyl (C=O) groups is 10. The number of nitrogens with one attached hydrogen (secondary N) is 10. The first-order valence-electron chi connectivity index (χ1n) is 28.4. The van der Waals surface area contributed by atoms with Gasteiger partial charge in [-0.25, -0.2) is 35.5 Å². The minimum absolute atomic E-state index is 0.0635. The van der Waals surface area contributed by atoms with Gasteiger partial charge in [-0.15, -0.1) is 0 Å². The number of hydrazine groups is 3. The summed E-state index contributed by atoms with van der Waals surface area (Å²) in [5, 5.41) is 17.6. The number of benzene rings is 3. The van der Waals surface area contributed by atoms with Crippen LogP contribution < -0.4 is 71.4 Å². The second-order valence-corrected chi connectivity index (χ2v) is 22.9. The maximum Gasteiger partial charge on any atom is 0.305 e. The Balaban J connectivity index is 0.000000504. The lowest BCUT2D eigenvalue weighted by molar-refractivity contribution is -0.141. The third-order valence-electron chi connectivity index (χ3n) is 13.6. The fourth-order valence-electron chi connectivity index (χ4n) is 8.35. The van der Waals surface area contributed by atoms with Gasteiger partial charge in [0.1, 0.15) is 16.1 Å². The van der Waals surface area contributed by atoms with E-state index in [1.165, 1.54) is 20.2 Å². The largest absolute Gasteiger partial charge is 0.680 e. The number of nitrogens with zero attached hydrogens (tertiary/aromatic N) is 3. The summed E-state index contributed by atoms with van der Waals surface area (Å²) < 4.78 is 25.6. The number of hydrogen-bond donors (Lipinski definition) is 14. The summed E-state index contributed by atoms with van der Waals surface area (Å²) in [4.78, 5) is 136. The van der Waals surface area contributed by atoms with E-state index in [4.69, 9.17) is 28.7 Å². The normalized spacial score (nSPS) is 19.6. The van der Waals surface area contributed by atoms with Crippen molar-refractivity contribution < 1.29 is 61.5 Å². The highest BCUT2D eigenvalue weighted by Gasteiger charge is 2.34. The molecule has 2 aliphatic rings. The van der Waals surface area contributed by atoms with Crippen LogP contribution in [0.1, 0.15) is 108 Å². The summed E-state index contributed by atoms with van der Waals surface area (Å²) in [5.74, 6) is -8.80. The van der Waals surface area contributed by atoms with Gasteiger partial charge in [0.15, 0.2) is 11.9 Å². The first-order chi connectivity index (χ1) is 42.0. The number of nitrogens with two attached hydrogens (primary N) is 4. The Morgan fingerprint density at radius 1 is 0.607 bits per heavy atom. The van der Waals surface area contributed by atoms with Crippen LogP contribution in [0.15, 0.2) is 75.5 Å². The number of aliphatic carboxylic acids is 1. The van der Waals surface area contributed by atoms with Crippen LogP contribution in [0, 0.1) is 32.6 Å². The first kappa shape index (κ1) is 77.1. The quantitative estimate of drug-likeness (QED) is 0.0416. The van der Waals surface area contributed by atoms with Crippen LogP contribution in [0.3, 0.4) is 0 Å². The van der Waals surface area contributed by atoms with E-state index < -0.39 is 111 Å². The van der Waals surface area contributed by atoms with E-state index in [0.717, 1.165) is 22.3 Å². The molecule has 89 heavy (non-hydrogen) atoms. The molecule has 0 aromatic heterocycles. The number of carboxylic acid groups (broad SMARTS) is 1. The molecule has 1 amide bonds. The lowest BCUT2D eigenvalue weighted by Crippen LogP contribution is -2.57. The molecular weight excluding hydrogens is 1170 g/mol. The van der Waals surface area contributed by atoms with Crippen LogP contribution in [0.4, 0.5) is 0 Å². The predicted octanol–water partition coefficient (Wildman–Crippen LogP) is -0.575. The molecule has 31 heteroatoms. The van der Waals surface area contributed by atoms with Crippen LogP contribution in [0.25, 0.3) is 10.5 Å². The Morgan fingerprint density at radius 2 is 1.04 bits per heavy atom. The number of Topliss-reactive ketones (excluding diaryl/α,β-unsaturated/α-hetero) is 8. The van der Waals surface area contributed by atoms with Crippen LogP contribution in [-0.2, 0) is 61.5 Å². The molecule has 30 nitrogen and oxygen atoms in total. The molecule has 0 saturated heterocycles. The molecule has 5 rings (SSSR count). The van der Waals surface area contributed by atoms with Gasteiger partial charge in [-0.3, -0.25) is 68.7 Å². The van der Waals surface area contributed by atoms with Gasteiger partial charge in [0, 0.05) is 48.9 Å². The average Bonchev–Trinajstić information content (AvgIpc) is 2.36. The number of aryl methyl sites for hydroxylation is 3. The Kier molecular flexibility index (Phi) is 33.9. The minimum atomic E-state index is -3.39. The number of hydrogen-bond acceptors (Lipinski definition) is 22. The average molecular weight is 1260 g/mol. The van der Waals surface area contributed by atoms with Crippen LogP contribution in [0.5, 0.6) is 0 Å². The fraction of sp³-hybridized carbons (Fsp3) is 0.483. The molecule has 0 spiro atoms. The highest BCUT2D eigenvalue weighted by Crippen LogP contribution is 2.18. The predicted molar refractivity (Wildman–Crippen MR) is 335 cm³/mol. The number of amides is 1. The van der Waals surface area contributed by atoms with Gasteiger partial charge in [-0.05, 0) is 105 Å². The standard InChI is InChI=1S/C26H38N8O7.C23H35N7O4.C8H10NO2S.CH4N/c1-13(2)21-24(40)22(38)15-7-6-14(3)16(9-15)11-31-32-18(10-20(36)37)25(41)30-12-19(35)23(39)17(33-34-21)5-4-8-29-26(27)28;1-13(2)19-22(34)20(32)15-7-6-14(3)16(9-15)10-26-12-27-11-18(31)21(33)17(29-30-19)5-4-8-28-23(24)25;1-7-3-5-8(6-4-7)12(10,11)9-2;1-2/h6-7,9,13,17-18,21,31-34H,4-5,8,10-12H2,1-3H3,(H,30,41)(H,36,37)(H4,27,28,29);6-7,9,13,17,19,26-27,29-30H,4-5,8,10-12H2,1-3H3,(H4,24,25,28);3-6H,1-2H3;2H,1H3/q;;2*-1/t17-,18-,21-;17-,19-;;/m00../s1. The van der Waals surface area contributed by atoms with Crippen molar-refractivity contribution in [3.05, 3.63) is 110 Å². The molecule has 0 unspecified atom stereocenters. The minimum Gasteiger partial charge on any atom is -0.680 e. The first-order valence-corrected chi connectivity index (χ1v) is 29.9. The van der Waals surface area contributed by atoms with Crippen molar-refractivity contribution >= 4 is 80.1 Å². The van der Waals surface area contributed by atoms with E-state index in [9.17, 15) is 61.5 Å². The van der Waals surface area contributed by atoms with Crippen LogP contribution in [-0.4, -0.2) is 161 Å². The maximum absolute atomic E-state index is 13.3. The summed E-state index contributed by atoms with van der Waals surface area (Å²) in [6.07, 6.45) is 0.411. The molecule has 0 radical (unpaired) electrons. The lowest BCUT2D eigenvalue weighted by atomic mass is 9.93. The third kappa shape index (κ3) is 26.3. The summed E-state index contributed by atoms with van der Waals surface area (Å²) in [6.45, 7) is 13.0. The van der Waals surface area contributed by atoms with Crippen molar-refractivity contribution in [1.82, 2.24) is 48.5 Å². The zero-order valence-electron chi connectivity index (χ0n) is 51.7. The highest BCUT2D eigenvalue weighted by molar-refractivity contribution is 7.94. The number of guanidine groups is 2. The summed E-state index contributed by atoms with van der Waals surface area (Å²) in [7, 11) is -0.867. The topological polar surface area (TPSA) is 500 Å². The number of aliphatic imine (C=N–C) groups is 2. The second kappa shape index (κ2) is 39.1. The number of carboxylic acids is 1. The molecule has 0 saturated carbocycles. The smallest absolute Gasteiger partial charge is 0.305 e. The molecule has 19 N–H and O–H groups in total. The number of carbonyl (C=O) groups excluding carboxylic acids is 9. The van der Waals surface area contributed by atoms with E-state index in [1.54, 1.807) is 89.2 Å². The molecule has 4 bridgehead atoms. The molecule has 490 valence electrons. The highest BCUT2D eigenvalue weighted by atomic mass is 32.2. The van der Waals surface area contributed by atoms with E-state index >= 15 is 0 Å². The van der Waals surface area contributed by atoms with Gasteiger partial charge >= 0.3 is 5.97 Å². The molecule has 0 aliphatic carbocycles. The van der Waals surface area contributed by atoms with Gasteiger partial charge in [-0.1, -0.05) is 69.7 Å². The number of sulfonamides is 1. The fourth-order valence-corrected chi connectivity index (χ4v) is 9.04. The van der Waals surface area contributed by atoms with E-state index in [-0.39, 0.29) is 86.3 Å². The summed E-state index contributed by atoms with van der Waals surface area (Å²) in [5.41, 5.74) is 48.3. The molecule has 3 aromatic rings. The van der Waals surface area contributed by atoms with Gasteiger partial charge < -0.3 is 49.1 Å². The second-order valence-electron chi connectivity index (χ2n) is 21.1. The molecule has 0 fully saturated rings. The van der Waals surface area contributed by atoms with Gasteiger partial charge in [0.05, 0.1) is 43.7 Å². The maximum atomic E-state index is 13.3. The lowest BCUT2D eigenvalue weighted by Gasteiger charge is -2.25. The SMILES string of the molecule is C[N-]S(=O)(=O)c1ccc(C)cc1.C[NH-].Cc1ccc2cc1CNCNCC(=O)C(=O)[C@H](CCCN=C(N)N)NN[C@@H](C(C)C)C(=O)C2=O.Cc1ccc2cc1CNN[C@@H](CC(=O)O)C(=O)NCC(=O)C(=O)[C@H](CCCN=C(N)N)NN[C@@H](C(C)C)C(=O)C2=O. The third-order valence-corrected chi connectivity index (χ3v) is 14.9. The summed E-state index contributed by atoms with van der Waals surface area (Å²) in [6, 6.07) is 11.2. The van der Waals surface area contributed by atoms with Crippen molar-refractivity contribution in [2.75, 3.05) is 46.9 Å². The zero-order chi connectivity index (χ0) is 67.1. The molecule has 3 aromatic carbocycles. The number of rotatable bonds is 14. The molecule has 2 heterocycles. The Bertz CT molecular complexity index is 3110. The Labute approximate surface area is 518 Å². The van der Waals surface area contributed by atoms with E-state index in [0.29, 0.717) is 24.1 Å². The van der Waals surface area contributed by atoms with Crippen molar-refractivity contribution in [2.24, 2.45) is 44.8 Å². The van der Waals surface area contributed by atoms with Crippen LogP contribution >= 0.6 is 0 Å². The molecule has 5 atom stereocenters. The van der Waals surface area contributed by atoms with E-state index in [1.807, 2.05) is 13.8 Å². The van der Waals surface area contributed by atoms with Gasteiger partial charge in [0.2, 0.25) is 52.2 Å². The Morgan fingerprint density at radius 3 is 1.47 bits per heavy atom. The number of fused-ring (bicyclic) bond motifs is 4. The molecular formula is C58H87N17O13S-2. The van der Waals surface area contributed by atoms with E-state index in [2.05, 4.69) is 63.2 Å². The number of ketones is 8. The summed E-state index contributed by atoms with van der Waals surface area (Å²) >= 11 is 0. The van der Waals surface area contributed by atoms with Crippen molar-refractivity contribution in [2.45, 2.75) is 129 Å². The van der Waals surface area contributed by atoms with Crippen LogP contribution in [0.2, 0.25) is 0 Å². The van der Waals surface area contributed by atoms with Crippen molar-refractivity contribution in [3.63, 3.8) is 0 Å². The van der Waals surface area contributed by atoms with Crippen molar-refractivity contribution in [3.8, 4) is 0 Å². The monoisotopic (exact) mass is 1260 g/mol.